The molecule has 0 aromatic heterocycles. The predicted molar refractivity (Wildman–Crippen MR) is 76.1 cm³/mol. The summed E-state index contributed by atoms with van der Waals surface area (Å²) in [6.07, 6.45) is 0. The van der Waals surface area contributed by atoms with Crippen molar-refractivity contribution in [3.8, 4) is 0 Å². The van der Waals surface area contributed by atoms with Crippen molar-refractivity contribution in [3.63, 3.8) is 0 Å². The number of carbonyl (C=O) groups excluding carboxylic acids is 1. The van der Waals surface area contributed by atoms with E-state index in [1.807, 2.05) is 24.3 Å². The van der Waals surface area contributed by atoms with Crippen LogP contribution < -0.4 is 11.1 Å². The van der Waals surface area contributed by atoms with Crippen molar-refractivity contribution >= 4 is 27.5 Å². The third-order valence-electron chi connectivity index (χ3n) is 2.64. The number of primary amides is 1. The van der Waals surface area contributed by atoms with E-state index in [0.29, 0.717) is 5.56 Å². The zero-order chi connectivity index (χ0) is 13.8. The molecule has 0 saturated carbocycles. The average Bonchev–Trinajstić information content (AvgIpc) is 2.39. The molecule has 1 atom stereocenters. The van der Waals surface area contributed by atoms with Crippen molar-refractivity contribution in [2.45, 2.75) is 6.04 Å². The second kappa shape index (κ2) is 5.84. The highest BCUT2D eigenvalue weighted by Crippen LogP contribution is 2.21. The summed E-state index contributed by atoms with van der Waals surface area (Å²) in [4.78, 5) is 11.5. The maximum absolute atomic E-state index is 12.9. The van der Waals surface area contributed by atoms with Gasteiger partial charge >= 0.3 is 0 Å². The van der Waals surface area contributed by atoms with Crippen LogP contribution in [0.5, 0.6) is 0 Å². The number of nitrogens with one attached hydrogen (secondary N) is 1. The molecule has 0 radical (unpaired) electrons. The van der Waals surface area contributed by atoms with Gasteiger partial charge in [0.25, 0.3) is 0 Å². The lowest BCUT2D eigenvalue weighted by molar-refractivity contribution is -0.118. The van der Waals surface area contributed by atoms with E-state index in [2.05, 4.69) is 21.2 Å². The standard InChI is InChI=1S/C14H12BrFN2O/c15-10-3-7-12(8-4-10)18-13(14(17)19)9-1-5-11(16)6-2-9/h1-8,13,18H,(H2,17,19). The van der Waals surface area contributed by atoms with Gasteiger partial charge in [0.05, 0.1) is 0 Å². The lowest BCUT2D eigenvalue weighted by Gasteiger charge is -2.17. The molecule has 0 bridgehead atoms. The number of rotatable bonds is 4. The van der Waals surface area contributed by atoms with Crippen molar-refractivity contribution in [1.29, 1.82) is 0 Å². The number of halogens is 2. The molecule has 0 heterocycles. The molecule has 0 aliphatic rings. The molecular formula is C14H12BrFN2O. The Kier molecular flexibility index (Phi) is 4.16. The Morgan fingerprint density at radius 2 is 1.68 bits per heavy atom. The highest BCUT2D eigenvalue weighted by atomic mass is 79.9. The highest BCUT2D eigenvalue weighted by molar-refractivity contribution is 9.10. The van der Waals surface area contributed by atoms with E-state index < -0.39 is 11.9 Å². The van der Waals surface area contributed by atoms with Crippen LogP contribution in [0.2, 0.25) is 0 Å². The lowest BCUT2D eigenvalue weighted by atomic mass is 10.1. The number of benzene rings is 2. The molecule has 98 valence electrons. The fraction of sp³-hybridized carbons (Fsp3) is 0.0714. The minimum Gasteiger partial charge on any atom is -0.370 e. The van der Waals surface area contributed by atoms with Crippen molar-refractivity contribution in [1.82, 2.24) is 0 Å². The number of carbonyl (C=O) groups is 1. The molecule has 2 rings (SSSR count). The first-order chi connectivity index (χ1) is 9.06. The van der Waals surface area contributed by atoms with Crippen LogP contribution in [-0.2, 0) is 4.79 Å². The minimum atomic E-state index is -0.693. The van der Waals surface area contributed by atoms with E-state index in [-0.39, 0.29) is 5.82 Å². The summed E-state index contributed by atoms with van der Waals surface area (Å²) < 4.78 is 13.8. The number of nitrogens with two attached hydrogens (primary N) is 1. The third kappa shape index (κ3) is 3.54. The molecule has 1 amide bonds. The Bertz CT molecular complexity index is 569. The van der Waals surface area contributed by atoms with E-state index in [4.69, 9.17) is 5.73 Å². The van der Waals surface area contributed by atoms with Crippen molar-refractivity contribution in [2.75, 3.05) is 5.32 Å². The van der Waals surface area contributed by atoms with E-state index in [1.165, 1.54) is 24.3 Å². The molecule has 5 heteroatoms. The molecule has 0 saturated heterocycles. The second-order valence-corrected chi connectivity index (χ2v) is 4.95. The Labute approximate surface area is 118 Å². The van der Waals surface area contributed by atoms with Gasteiger partial charge in [0.15, 0.2) is 0 Å². The van der Waals surface area contributed by atoms with Gasteiger partial charge in [-0.05, 0) is 42.0 Å². The van der Waals surface area contributed by atoms with Gasteiger partial charge in [-0.25, -0.2) is 4.39 Å². The molecule has 2 aromatic rings. The zero-order valence-corrected chi connectivity index (χ0v) is 11.5. The molecule has 3 N–H and O–H groups in total. The van der Waals surface area contributed by atoms with E-state index in [9.17, 15) is 9.18 Å². The molecule has 0 aliphatic carbocycles. The van der Waals surface area contributed by atoms with Crippen LogP contribution in [-0.4, -0.2) is 5.91 Å². The summed E-state index contributed by atoms with van der Waals surface area (Å²) >= 11 is 3.33. The Hall–Kier alpha value is -1.88. The number of anilines is 1. The Morgan fingerprint density at radius 1 is 1.11 bits per heavy atom. The topological polar surface area (TPSA) is 55.1 Å². The SMILES string of the molecule is NC(=O)C(Nc1ccc(Br)cc1)c1ccc(F)cc1. The van der Waals surface area contributed by atoms with Gasteiger partial charge in [0, 0.05) is 10.2 Å². The van der Waals surface area contributed by atoms with Crippen molar-refractivity contribution in [3.05, 3.63) is 64.4 Å². The largest absolute Gasteiger partial charge is 0.370 e. The summed E-state index contributed by atoms with van der Waals surface area (Å²) in [5, 5.41) is 3.02. The summed E-state index contributed by atoms with van der Waals surface area (Å²) in [5.74, 6) is -0.870. The summed E-state index contributed by atoms with van der Waals surface area (Å²) in [7, 11) is 0. The predicted octanol–water partition coefficient (Wildman–Crippen LogP) is 3.23. The molecule has 2 aromatic carbocycles. The number of amides is 1. The highest BCUT2D eigenvalue weighted by Gasteiger charge is 2.17. The van der Waals surface area contributed by atoms with Crippen LogP contribution in [0.1, 0.15) is 11.6 Å². The van der Waals surface area contributed by atoms with Gasteiger partial charge in [-0.1, -0.05) is 28.1 Å². The normalized spacial score (nSPS) is 11.9. The second-order valence-electron chi connectivity index (χ2n) is 4.04. The van der Waals surface area contributed by atoms with Gasteiger partial charge in [0.2, 0.25) is 5.91 Å². The van der Waals surface area contributed by atoms with Gasteiger partial charge in [-0.2, -0.15) is 0 Å². The third-order valence-corrected chi connectivity index (χ3v) is 3.17. The molecular weight excluding hydrogens is 311 g/mol. The lowest BCUT2D eigenvalue weighted by Crippen LogP contribution is -2.27. The first kappa shape index (κ1) is 13.5. The molecule has 1 unspecified atom stereocenters. The Morgan fingerprint density at radius 3 is 2.21 bits per heavy atom. The van der Waals surface area contributed by atoms with Crippen molar-refractivity contribution in [2.24, 2.45) is 5.73 Å². The van der Waals surface area contributed by atoms with Gasteiger partial charge < -0.3 is 11.1 Å². The van der Waals surface area contributed by atoms with E-state index in [1.54, 1.807) is 0 Å². The fourth-order valence-electron chi connectivity index (χ4n) is 1.69. The van der Waals surface area contributed by atoms with Crippen LogP contribution in [0.4, 0.5) is 10.1 Å². The van der Waals surface area contributed by atoms with Crippen LogP contribution >= 0.6 is 15.9 Å². The van der Waals surface area contributed by atoms with Gasteiger partial charge in [-0.3, -0.25) is 4.79 Å². The fourth-order valence-corrected chi connectivity index (χ4v) is 1.95. The minimum absolute atomic E-state index is 0.351. The van der Waals surface area contributed by atoms with E-state index in [0.717, 1.165) is 10.2 Å². The first-order valence-electron chi connectivity index (χ1n) is 5.63. The maximum atomic E-state index is 12.9. The van der Waals surface area contributed by atoms with Crippen LogP contribution in [0.15, 0.2) is 53.0 Å². The Balaban J connectivity index is 2.23. The summed E-state index contributed by atoms with van der Waals surface area (Å²) in [5.41, 5.74) is 6.76. The van der Waals surface area contributed by atoms with Gasteiger partial charge in [0.1, 0.15) is 11.9 Å². The maximum Gasteiger partial charge on any atom is 0.244 e. The number of hydrogen-bond acceptors (Lipinski definition) is 2. The monoisotopic (exact) mass is 322 g/mol. The molecule has 19 heavy (non-hydrogen) atoms. The molecule has 0 aliphatic heterocycles. The average molecular weight is 323 g/mol. The van der Waals surface area contributed by atoms with Crippen LogP contribution in [0.3, 0.4) is 0 Å². The van der Waals surface area contributed by atoms with Gasteiger partial charge in [-0.15, -0.1) is 0 Å². The first-order valence-corrected chi connectivity index (χ1v) is 6.42. The zero-order valence-electron chi connectivity index (χ0n) is 9.94. The smallest absolute Gasteiger partial charge is 0.244 e. The summed E-state index contributed by atoms with van der Waals surface area (Å²) in [6, 6.07) is 12.3. The molecule has 0 spiro atoms. The molecule has 0 fully saturated rings. The van der Waals surface area contributed by atoms with E-state index >= 15 is 0 Å². The number of hydrogen-bond donors (Lipinski definition) is 2. The van der Waals surface area contributed by atoms with Crippen LogP contribution in [0.25, 0.3) is 0 Å². The molecule has 3 nitrogen and oxygen atoms in total. The van der Waals surface area contributed by atoms with Crippen molar-refractivity contribution < 1.29 is 9.18 Å². The quantitative estimate of drug-likeness (QED) is 0.908. The summed E-state index contributed by atoms with van der Waals surface area (Å²) in [6.45, 7) is 0. The van der Waals surface area contributed by atoms with Crippen LogP contribution in [0, 0.1) is 5.82 Å².